The molecule has 2 aliphatic heterocycles. The van der Waals surface area contributed by atoms with Crippen LogP contribution in [0.15, 0.2) is 0 Å². The first-order valence-corrected chi connectivity index (χ1v) is 11.2. The highest BCUT2D eigenvalue weighted by Crippen LogP contribution is 2.47. The number of hydrogen-bond acceptors (Lipinski definition) is 8. The van der Waals surface area contributed by atoms with Crippen molar-refractivity contribution in [2.45, 2.75) is 84.1 Å². The van der Waals surface area contributed by atoms with Crippen LogP contribution in [0.4, 0.5) is 9.59 Å². The van der Waals surface area contributed by atoms with Gasteiger partial charge in [-0.25, -0.2) is 19.2 Å². The molecule has 0 aliphatic carbocycles. The lowest BCUT2D eigenvalue weighted by Gasteiger charge is -2.43. The molecule has 2 fully saturated rings. The van der Waals surface area contributed by atoms with Gasteiger partial charge in [0.15, 0.2) is 5.54 Å². The topological polar surface area (TPSA) is 112 Å². The summed E-state index contributed by atoms with van der Waals surface area (Å²) in [5.74, 6) is -2.10. The van der Waals surface area contributed by atoms with Crippen molar-refractivity contribution in [3.63, 3.8) is 0 Å². The van der Waals surface area contributed by atoms with E-state index < -0.39 is 52.8 Å². The van der Waals surface area contributed by atoms with Crippen LogP contribution < -0.4 is 0 Å². The van der Waals surface area contributed by atoms with Gasteiger partial charge in [-0.1, -0.05) is 6.92 Å². The van der Waals surface area contributed by atoms with Crippen molar-refractivity contribution < 1.29 is 38.1 Å². The third kappa shape index (κ3) is 5.35. The quantitative estimate of drug-likeness (QED) is 0.457. The molecule has 2 amide bonds. The van der Waals surface area contributed by atoms with Gasteiger partial charge < -0.3 is 18.9 Å². The summed E-state index contributed by atoms with van der Waals surface area (Å²) in [5, 5.41) is 0. The molecule has 0 aromatic carbocycles. The number of hydrogen-bond donors (Lipinski definition) is 0. The Hall–Kier alpha value is -2.52. The Morgan fingerprint density at radius 1 is 0.879 bits per heavy atom. The lowest BCUT2D eigenvalue weighted by atomic mass is 9.74. The van der Waals surface area contributed by atoms with E-state index in [1.165, 1.54) is 24.0 Å². The molecule has 188 valence electrons. The highest BCUT2D eigenvalue weighted by Gasteiger charge is 2.64. The molecule has 0 aromatic heterocycles. The summed E-state index contributed by atoms with van der Waals surface area (Å²) >= 11 is 0. The van der Waals surface area contributed by atoms with E-state index in [1.54, 1.807) is 41.5 Å². The number of esters is 2. The fourth-order valence-electron chi connectivity index (χ4n) is 4.85. The van der Waals surface area contributed by atoms with E-state index in [4.69, 9.17) is 18.9 Å². The predicted molar refractivity (Wildman–Crippen MR) is 118 cm³/mol. The van der Waals surface area contributed by atoms with Gasteiger partial charge in [0.2, 0.25) is 0 Å². The van der Waals surface area contributed by atoms with Gasteiger partial charge in [0.25, 0.3) is 0 Å². The van der Waals surface area contributed by atoms with Gasteiger partial charge in [-0.15, -0.1) is 0 Å². The number of methoxy groups -OCH3 is 2. The van der Waals surface area contributed by atoms with Crippen LogP contribution in [0.2, 0.25) is 0 Å². The second-order valence-corrected chi connectivity index (χ2v) is 10.7. The first-order valence-electron chi connectivity index (χ1n) is 11.2. The van der Waals surface area contributed by atoms with Gasteiger partial charge in [0.05, 0.1) is 14.2 Å². The first kappa shape index (κ1) is 26.7. The van der Waals surface area contributed by atoms with Gasteiger partial charge in [0, 0.05) is 19.0 Å². The Bertz CT molecular complexity index is 784. The summed E-state index contributed by atoms with van der Waals surface area (Å²) < 4.78 is 21.2. The summed E-state index contributed by atoms with van der Waals surface area (Å²) in [6.45, 7) is 12.6. The fraction of sp³-hybridized carbons (Fsp3) is 0.826. The molecule has 10 nitrogen and oxygen atoms in total. The molecule has 0 N–H and O–H groups in total. The van der Waals surface area contributed by atoms with Crippen molar-refractivity contribution in [2.24, 2.45) is 11.8 Å². The van der Waals surface area contributed by atoms with Crippen molar-refractivity contribution >= 4 is 24.1 Å². The molecule has 2 heterocycles. The van der Waals surface area contributed by atoms with Crippen LogP contribution in [0.5, 0.6) is 0 Å². The van der Waals surface area contributed by atoms with Crippen molar-refractivity contribution in [3.05, 3.63) is 0 Å². The van der Waals surface area contributed by atoms with Crippen molar-refractivity contribution in [3.8, 4) is 0 Å². The van der Waals surface area contributed by atoms with Crippen LogP contribution in [-0.2, 0) is 28.5 Å². The van der Waals surface area contributed by atoms with E-state index in [-0.39, 0.29) is 25.4 Å². The van der Waals surface area contributed by atoms with Crippen LogP contribution in [-0.4, -0.2) is 84.0 Å². The molecule has 2 rings (SSSR count). The monoisotopic (exact) mass is 470 g/mol. The maximum Gasteiger partial charge on any atom is 0.411 e. The van der Waals surface area contributed by atoms with Crippen molar-refractivity contribution in [2.75, 3.05) is 27.3 Å². The van der Waals surface area contributed by atoms with Crippen LogP contribution in [0.1, 0.15) is 61.3 Å². The molecule has 4 unspecified atom stereocenters. The fourth-order valence-corrected chi connectivity index (χ4v) is 4.85. The number of amides is 2. The number of ether oxygens (including phenoxy) is 4. The molecule has 2 saturated heterocycles. The zero-order valence-corrected chi connectivity index (χ0v) is 21.2. The lowest BCUT2D eigenvalue weighted by Crippen LogP contribution is -2.62. The zero-order chi connectivity index (χ0) is 25.4. The van der Waals surface area contributed by atoms with Crippen LogP contribution >= 0.6 is 0 Å². The molecule has 0 radical (unpaired) electrons. The van der Waals surface area contributed by atoms with Crippen molar-refractivity contribution in [1.29, 1.82) is 0 Å². The SMILES string of the molecule is COC(=O)C1CC(C2(C(=O)OC)C(C)CCN2C(=O)OC(C)(C)C)CN1C(=O)OC(C)(C)C. The van der Waals surface area contributed by atoms with E-state index in [0.717, 1.165) is 0 Å². The molecule has 0 aromatic rings. The average Bonchev–Trinajstić information content (AvgIpc) is 3.26. The highest BCUT2D eigenvalue weighted by atomic mass is 16.6. The highest BCUT2D eigenvalue weighted by molar-refractivity contribution is 5.89. The minimum Gasteiger partial charge on any atom is -0.467 e. The Morgan fingerprint density at radius 2 is 1.42 bits per heavy atom. The summed E-state index contributed by atoms with van der Waals surface area (Å²) in [6, 6.07) is -0.954. The Morgan fingerprint density at radius 3 is 1.91 bits per heavy atom. The Balaban J connectivity index is 2.52. The van der Waals surface area contributed by atoms with Gasteiger partial charge in [-0.05, 0) is 60.3 Å². The van der Waals surface area contributed by atoms with E-state index in [1.807, 2.05) is 6.92 Å². The van der Waals surface area contributed by atoms with E-state index >= 15 is 0 Å². The largest absolute Gasteiger partial charge is 0.467 e. The summed E-state index contributed by atoms with van der Waals surface area (Å²) in [6.07, 6.45) is -0.664. The number of rotatable bonds is 3. The van der Waals surface area contributed by atoms with E-state index in [2.05, 4.69) is 0 Å². The number of likely N-dealkylation sites (tertiary alicyclic amines) is 2. The molecule has 10 heteroatoms. The third-order valence-corrected chi connectivity index (χ3v) is 6.13. The first-order chi connectivity index (χ1) is 15.1. The maximum absolute atomic E-state index is 13.3. The van der Waals surface area contributed by atoms with E-state index in [0.29, 0.717) is 6.42 Å². The second kappa shape index (κ2) is 9.38. The Labute approximate surface area is 195 Å². The summed E-state index contributed by atoms with van der Waals surface area (Å²) in [5.41, 5.74) is -2.95. The van der Waals surface area contributed by atoms with Gasteiger partial charge in [-0.3, -0.25) is 9.80 Å². The summed E-state index contributed by atoms with van der Waals surface area (Å²) in [4.78, 5) is 54.8. The van der Waals surface area contributed by atoms with Crippen LogP contribution in [0, 0.1) is 11.8 Å². The van der Waals surface area contributed by atoms with Gasteiger partial charge in [0.1, 0.15) is 17.2 Å². The molecular formula is C23H38N2O8. The standard InChI is InChI=1S/C23H38N2O8/c1-14-10-11-25(20(29)33-22(5,6)7)23(14,18(27)31-9)15-12-16(17(26)30-8)24(13-15)19(28)32-21(2,3)4/h14-16H,10-13H2,1-9H3. The second-order valence-electron chi connectivity index (χ2n) is 10.7. The molecule has 0 spiro atoms. The van der Waals surface area contributed by atoms with Crippen molar-refractivity contribution in [1.82, 2.24) is 9.80 Å². The van der Waals surface area contributed by atoms with Gasteiger partial charge >= 0.3 is 24.1 Å². The lowest BCUT2D eigenvalue weighted by molar-refractivity contribution is -0.159. The van der Waals surface area contributed by atoms with Crippen LogP contribution in [0.3, 0.4) is 0 Å². The normalized spacial score (nSPS) is 27.8. The minimum absolute atomic E-state index is 0.0212. The maximum atomic E-state index is 13.3. The molecule has 4 atom stereocenters. The Kier molecular flexibility index (Phi) is 7.60. The molecule has 0 saturated carbocycles. The van der Waals surface area contributed by atoms with E-state index in [9.17, 15) is 19.2 Å². The number of nitrogens with zero attached hydrogens (tertiary/aromatic N) is 2. The number of carbonyl (C=O) groups excluding carboxylic acids is 4. The molecule has 2 aliphatic rings. The molecule has 0 bridgehead atoms. The minimum atomic E-state index is -1.40. The number of carbonyl (C=O) groups is 4. The summed E-state index contributed by atoms with van der Waals surface area (Å²) in [7, 11) is 2.50. The van der Waals surface area contributed by atoms with Crippen LogP contribution in [0.25, 0.3) is 0 Å². The van der Waals surface area contributed by atoms with Gasteiger partial charge in [-0.2, -0.15) is 0 Å². The molecular weight excluding hydrogens is 432 g/mol. The predicted octanol–water partition coefficient (Wildman–Crippen LogP) is 2.97. The third-order valence-electron chi connectivity index (χ3n) is 6.13. The molecule has 33 heavy (non-hydrogen) atoms. The average molecular weight is 471 g/mol. The smallest absolute Gasteiger partial charge is 0.411 e. The zero-order valence-electron chi connectivity index (χ0n) is 21.2.